The number of hydrogen-bond acceptors (Lipinski definition) is 4. The number of para-hydroxylation sites is 2. The average Bonchev–Trinajstić information content (AvgIpc) is 2.55. The van der Waals surface area contributed by atoms with Crippen LogP contribution >= 0.6 is 0 Å². The lowest BCUT2D eigenvalue weighted by molar-refractivity contribution is 1.41. The number of fused-ring (bicyclic) bond motifs is 2. The van der Waals surface area contributed by atoms with Gasteiger partial charge in [-0.2, -0.15) is 0 Å². The molecule has 0 unspecified atom stereocenters. The number of anilines is 2. The minimum Gasteiger partial charge on any atom is -0.397 e. The fraction of sp³-hybridized carbons (Fsp3) is 0. The number of nitrogen functional groups attached to an aromatic ring is 2. The molecule has 0 saturated heterocycles. The maximum Gasteiger partial charge on any atom is 0.0703 e. The Kier molecular flexibility index (Phi) is 3.83. The molecule has 0 atom stereocenters. The molecule has 0 radical (unpaired) electrons. The minimum atomic E-state index is 0.712. The second kappa shape index (κ2) is 6.10. The highest BCUT2D eigenvalue weighted by atomic mass is 14.7. The van der Waals surface area contributed by atoms with E-state index < -0.39 is 0 Å². The van der Waals surface area contributed by atoms with Gasteiger partial charge in [-0.25, -0.2) is 0 Å². The highest BCUT2D eigenvalue weighted by Crippen LogP contribution is 2.13. The molecule has 0 spiro atoms. The van der Waals surface area contributed by atoms with Gasteiger partial charge in [0.15, 0.2) is 0 Å². The van der Waals surface area contributed by atoms with Crippen molar-refractivity contribution in [3.63, 3.8) is 0 Å². The van der Waals surface area contributed by atoms with Crippen molar-refractivity contribution < 1.29 is 0 Å². The van der Waals surface area contributed by atoms with Crippen LogP contribution in [-0.4, -0.2) is 9.97 Å². The number of hydrogen-bond donors (Lipinski definition) is 2. The Hall–Kier alpha value is -3.14. The van der Waals surface area contributed by atoms with Gasteiger partial charge in [0.25, 0.3) is 0 Å². The van der Waals surface area contributed by atoms with Crippen LogP contribution in [0.15, 0.2) is 73.1 Å². The SMILES string of the molecule is Nc1cnc2ccccc2c1.Nc1cnc2ccccc2c1. The highest BCUT2D eigenvalue weighted by molar-refractivity contribution is 5.81. The Morgan fingerprint density at radius 2 is 1.00 bits per heavy atom. The molecule has 2 aromatic heterocycles. The van der Waals surface area contributed by atoms with E-state index in [0.717, 1.165) is 21.8 Å². The van der Waals surface area contributed by atoms with Crippen molar-refractivity contribution in [1.82, 2.24) is 9.97 Å². The van der Waals surface area contributed by atoms with Crippen LogP contribution in [0.5, 0.6) is 0 Å². The molecule has 0 amide bonds. The second-order valence-electron chi connectivity index (χ2n) is 4.92. The van der Waals surface area contributed by atoms with Crippen LogP contribution in [0, 0.1) is 0 Å². The van der Waals surface area contributed by atoms with Crippen LogP contribution in [0.1, 0.15) is 0 Å². The first-order chi connectivity index (χ1) is 10.7. The molecule has 2 heterocycles. The molecule has 22 heavy (non-hydrogen) atoms. The van der Waals surface area contributed by atoms with Crippen LogP contribution in [-0.2, 0) is 0 Å². The standard InChI is InChI=1S/2C9H8N2/c2*10-8-5-7-3-1-2-4-9(7)11-6-8/h2*1-6H,10H2. The predicted molar refractivity (Wildman–Crippen MR) is 92.3 cm³/mol. The highest BCUT2D eigenvalue weighted by Gasteiger charge is 1.92. The number of benzene rings is 2. The third-order valence-corrected chi connectivity index (χ3v) is 3.22. The van der Waals surface area contributed by atoms with Gasteiger partial charge in [-0.05, 0) is 24.3 Å². The normalized spacial score (nSPS) is 10.2. The molecule has 2 aromatic carbocycles. The van der Waals surface area contributed by atoms with E-state index in [2.05, 4.69) is 9.97 Å². The van der Waals surface area contributed by atoms with E-state index in [0.29, 0.717) is 11.4 Å². The van der Waals surface area contributed by atoms with Gasteiger partial charge in [0.1, 0.15) is 0 Å². The third-order valence-electron chi connectivity index (χ3n) is 3.22. The summed E-state index contributed by atoms with van der Waals surface area (Å²) in [5.41, 5.74) is 14.5. The number of nitrogens with zero attached hydrogens (tertiary/aromatic N) is 2. The molecule has 0 saturated carbocycles. The molecule has 4 rings (SSSR count). The Morgan fingerprint density at radius 1 is 0.591 bits per heavy atom. The molecule has 4 heteroatoms. The van der Waals surface area contributed by atoms with Crippen molar-refractivity contribution in [2.45, 2.75) is 0 Å². The van der Waals surface area contributed by atoms with Crippen molar-refractivity contribution in [3.8, 4) is 0 Å². The van der Waals surface area contributed by atoms with Gasteiger partial charge in [0, 0.05) is 10.8 Å². The van der Waals surface area contributed by atoms with Crippen molar-refractivity contribution in [1.29, 1.82) is 0 Å². The summed E-state index contributed by atoms with van der Waals surface area (Å²) >= 11 is 0. The van der Waals surface area contributed by atoms with Crippen LogP contribution in [0.4, 0.5) is 11.4 Å². The number of rotatable bonds is 0. The van der Waals surface area contributed by atoms with Crippen molar-refractivity contribution in [2.24, 2.45) is 0 Å². The number of nitrogens with two attached hydrogens (primary N) is 2. The summed E-state index contributed by atoms with van der Waals surface area (Å²) < 4.78 is 0. The molecule has 0 aliphatic rings. The molecular formula is C18H16N4. The molecule has 108 valence electrons. The van der Waals surface area contributed by atoms with Crippen molar-refractivity contribution in [3.05, 3.63) is 73.1 Å². The summed E-state index contributed by atoms with van der Waals surface area (Å²) in [4.78, 5) is 8.31. The summed E-state index contributed by atoms with van der Waals surface area (Å²) in [7, 11) is 0. The lowest BCUT2D eigenvalue weighted by Crippen LogP contribution is -1.85. The molecule has 4 nitrogen and oxygen atoms in total. The fourth-order valence-corrected chi connectivity index (χ4v) is 2.18. The molecule has 0 fully saturated rings. The average molecular weight is 288 g/mol. The molecule has 0 aliphatic carbocycles. The number of aromatic nitrogens is 2. The third kappa shape index (κ3) is 3.12. The van der Waals surface area contributed by atoms with E-state index in [4.69, 9.17) is 11.5 Å². The van der Waals surface area contributed by atoms with Crippen LogP contribution in [0.3, 0.4) is 0 Å². The van der Waals surface area contributed by atoms with Crippen molar-refractivity contribution in [2.75, 3.05) is 11.5 Å². The van der Waals surface area contributed by atoms with Gasteiger partial charge < -0.3 is 11.5 Å². The van der Waals surface area contributed by atoms with E-state index in [9.17, 15) is 0 Å². The largest absolute Gasteiger partial charge is 0.397 e. The molecule has 0 aliphatic heterocycles. The summed E-state index contributed by atoms with van der Waals surface area (Å²) in [6.07, 6.45) is 3.34. The van der Waals surface area contributed by atoms with Crippen LogP contribution in [0.2, 0.25) is 0 Å². The summed E-state index contributed by atoms with van der Waals surface area (Å²) in [5.74, 6) is 0. The summed E-state index contributed by atoms with van der Waals surface area (Å²) in [5, 5.41) is 2.18. The minimum absolute atomic E-state index is 0.712. The Morgan fingerprint density at radius 3 is 1.45 bits per heavy atom. The molecule has 0 bridgehead atoms. The molecular weight excluding hydrogens is 272 g/mol. The Balaban J connectivity index is 0.000000131. The molecule has 4 aromatic rings. The predicted octanol–water partition coefficient (Wildman–Crippen LogP) is 3.63. The monoisotopic (exact) mass is 288 g/mol. The fourth-order valence-electron chi connectivity index (χ4n) is 2.18. The smallest absolute Gasteiger partial charge is 0.0703 e. The summed E-state index contributed by atoms with van der Waals surface area (Å²) in [6.45, 7) is 0. The zero-order valence-electron chi connectivity index (χ0n) is 12.0. The topological polar surface area (TPSA) is 77.8 Å². The first-order valence-electron chi connectivity index (χ1n) is 6.93. The van der Waals surface area contributed by atoms with Gasteiger partial charge in [-0.3, -0.25) is 9.97 Å². The van der Waals surface area contributed by atoms with Crippen LogP contribution < -0.4 is 11.5 Å². The first-order valence-corrected chi connectivity index (χ1v) is 6.93. The summed E-state index contributed by atoms with van der Waals surface area (Å²) in [6, 6.07) is 19.6. The van der Waals surface area contributed by atoms with Crippen molar-refractivity contribution >= 4 is 33.2 Å². The Bertz CT molecular complexity index is 841. The van der Waals surface area contributed by atoms with Gasteiger partial charge in [-0.1, -0.05) is 36.4 Å². The van der Waals surface area contributed by atoms with Crippen LogP contribution in [0.25, 0.3) is 21.8 Å². The lowest BCUT2D eigenvalue weighted by Gasteiger charge is -1.95. The van der Waals surface area contributed by atoms with E-state index >= 15 is 0 Å². The van der Waals surface area contributed by atoms with Gasteiger partial charge in [0.05, 0.1) is 34.8 Å². The molecule has 4 N–H and O–H groups in total. The number of pyridine rings is 2. The van der Waals surface area contributed by atoms with E-state index in [1.165, 1.54) is 0 Å². The lowest BCUT2D eigenvalue weighted by atomic mass is 10.2. The Labute approximate surface area is 128 Å². The van der Waals surface area contributed by atoms with Gasteiger partial charge in [-0.15, -0.1) is 0 Å². The van der Waals surface area contributed by atoms with Gasteiger partial charge in [0.2, 0.25) is 0 Å². The zero-order valence-corrected chi connectivity index (χ0v) is 12.0. The second-order valence-corrected chi connectivity index (χ2v) is 4.92. The van der Waals surface area contributed by atoms with E-state index in [-0.39, 0.29) is 0 Å². The quantitative estimate of drug-likeness (QED) is 0.518. The van der Waals surface area contributed by atoms with Gasteiger partial charge >= 0.3 is 0 Å². The van der Waals surface area contributed by atoms with E-state index in [1.807, 2.05) is 60.7 Å². The maximum absolute atomic E-state index is 5.56. The maximum atomic E-state index is 5.56. The van der Waals surface area contributed by atoms with E-state index in [1.54, 1.807) is 12.4 Å². The first kappa shape index (κ1) is 13.8. The zero-order chi connectivity index (χ0) is 15.4.